The van der Waals surface area contributed by atoms with Gasteiger partial charge in [-0.2, -0.15) is 5.26 Å². The van der Waals surface area contributed by atoms with Gasteiger partial charge in [-0.3, -0.25) is 4.79 Å². The Morgan fingerprint density at radius 3 is 2.58 bits per heavy atom. The lowest BCUT2D eigenvalue weighted by Gasteiger charge is -2.32. The van der Waals surface area contributed by atoms with Crippen LogP contribution in [0.3, 0.4) is 0 Å². The van der Waals surface area contributed by atoms with Crippen LogP contribution in [0.2, 0.25) is 0 Å². The average Bonchev–Trinajstić information content (AvgIpc) is 2.55. The number of nitrogens with one attached hydrogen (secondary N) is 1. The molecule has 6 nitrogen and oxygen atoms in total. The highest BCUT2D eigenvalue weighted by Crippen LogP contribution is 2.27. The first kappa shape index (κ1) is 17.8. The number of carbonyl (C=O) groups excluding carboxylic acids is 2. The summed E-state index contributed by atoms with van der Waals surface area (Å²) in [5, 5.41) is 21.9. The number of benzene rings is 1. The van der Waals surface area contributed by atoms with Gasteiger partial charge in [-0.05, 0) is 44.4 Å². The molecule has 1 aromatic carbocycles. The van der Waals surface area contributed by atoms with E-state index in [0.717, 1.165) is 24.8 Å². The SMILES string of the molecule is Cc1ccc(C(=O)O[C@@H](C)C(=O)NC2(C#N)CCCCC2)c(O)c1. The summed E-state index contributed by atoms with van der Waals surface area (Å²) < 4.78 is 5.13. The molecule has 1 aliphatic rings. The summed E-state index contributed by atoms with van der Waals surface area (Å²) in [6, 6.07) is 6.77. The molecule has 1 saturated carbocycles. The highest BCUT2D eigenvalue weighted by molar-refractivity contribution is 5.94. The summed E-state index contributed by atoms with van der Waals surface area (Å²) in [4.78, 5) is 24.4. The van der Waals surface area contributed by atoms with E-state index in [0.29, 0.717) is 12.8 Å². The molecule has 24 heavy (non-hydrogen) atoms. The third-order valence-corrected chi connectivity index (χ3v) is 4.31. The van der Waals surface area contributed by atoms with Crippen LogP contribution in [0.4, 0.5) is 0 Å². The first-order valence-corrected chi connectivity index (χ1v) is 8.11. The fourth-order valence-corrected chi connectivity index (χ4v) is 2.85. The highest BCUT2D eigenvalue weighted by Gasteiger charge is 2.35. The second-order valence-electron chi connectivity index (χ2n) is 6.31. The molecular weight excluding hydrogens is 308 g/mol. The van der Waals surface area contributed by atoms with Gasteiger partial charge in [0.2, 0.25) is 0 Å². The lowest BCUT2D eigenvalue weighted by molar-refractivity contribution is -0.130. The maximum Gasteiger partial charge on any atom is 0.342 e. The van der Waals surface area contributed by atoms with E-state index in [1.165, 1.54) is 19.1 Å². The minimum Gasteiger partial charge on any atom is -0.507 e. The largest absolute Gasteiger partial charge is 0.507 e. The summed E-state index contributed by atoms with van der Waals surface area (Å²) >= 11 is 0. The molecule has 128 valence electrons. The molecule has 2 rings (SSSR count). The quantitative estimate of drug-likeness (QED) is 0.827. The number of amides is 1. The molecule has 1 aromatic rings. The normalized spacial score (nSPS) is 17.4. The van der Waals surface area contributed by atoms with Crippen LogP contribution in [-0.2, 0) is 9.53 Å². The maximum atomic E-state index is 12.3. The Labute approximate surface area is 141 Å². The van der Waals surface area contributed by atoms with Crippen LogP contribution < -0.4 is 5.32 Å². The van der Waals surface area contributed by atoms with Crippen LogP contribution in [0.5, 0.6) is 5.75 Å². The Bertz CT molecular complexity index is 672. The molecule has 2 N–H and O–H groups in total. The fourth-order valence-electron chi connectivity index (χ4n) is 2.85. The van der Waals surface area contributed by atoms with E-state index < -0.39 is 23.5 Å². The third kappa shape index (κ3) is 4.05. The molecule has 1 aliphatic carbocycles. The van der Waals surface area contributed by atoms with Crippen molar-refractivity contribution in [1.29, 1.82) is 5.26 Å². The van der Waals surface area contributed by atoms with Gasteiger partial charge in [-0.25, -0.2) is 4.79 Å². The van der Waals surface area contributed by atoms with Gasteiger partial charge in [0.15, 0.2) is 6.10 Å². The summed E-state index contributed by atoms with van der Waals surface area (Å²) in [7, 11) is 0. The zero-order valence-electron chi connectivity index (χ0n) is 14.0. The van der Waals surface area contributed by atoms with Gasteiger partial charge in [0.25, 0.3) is 5.91 Å². The molecule has 6 heteroatoms. The number of phenolic OH excluding ortho intramolecular Hbond substituents is 1. The van der Waals surface area contributed by atoms with Crippen molar-refractivity contribution < 1.29 is 19.4 Å². The van der Waals surface area contributed by atoms with Crippen LogP contribution in [0.15, 0.2) is 18.2 Å². The molecule has 0 heterocycles. The molecule has 0 aliphatic heterocycles. The van der Waals surface area contributed by atoms with Crippen molar-refractivity contribution in [2.45, 2.75) is 57.6 Å². The van der Waals surface area contributed by atoms with Crippen molar-refractivity contribution in [3.63, 3.8) is 0 Å². The Morgan fingerprint density at radius 1 is 1.33 bits per heavy atom. The van der Waals surface area contributed by atoms with Crippen molar-refractivity contribution in [1.82, 2.24) is 5.32 Å². The molecule has 1 amide bonds. The molecule has 0 bridgehead atoms. The topological polar surface area (TPSA) is 99.4 Å². The van der Waals surface area contributed by atoms with E-state index in [-0.39, 0.29) is 11.3 Å². The zero-order chi connectivity index (χ0) is 17.7. The molecule has 0 spiro atoms. The van der Waals surface area contributed by atoms with Crippen molar-refractivity contribution in [3.05, 3.63) is 29.3 Å². The van der Waals surface area contributed by atoms with Gasteiger partial charge in [-0.15, -0.1) is 0 Å². The first-order chi connectivity index (χ1) is 11.4. The number of nitrogens with zero attached hydrogens (tertiary/aromatic N) is 1. The average molecular weight is 330 g/mol. The standard InChI is InChI=1S/C18H22N2O4/c1-12-6-7-14(15(21)10-12)17(23)24-13(2)16(22)20-18(11-19)8-4-3-5-9-18/h6-7,10,13,21H,3-5,8-9H2,1-2H3,(H,20,22)/t13-/m0/s1. The van der Waals surface area contributed by atoms with Crippen molar-refractivity contribution in [2.75, 3.05) is 0 Å². The van der Waals surface area contributed by atoms with Gasteiger partial charge in [-0.1, -0.05) is 25.3 Å². The van der Waals surface area contributed by atoms with Gasteiger partial charge >= 0.3 is 5.97 Å². The second kappa shape index (κ2) is 7.35. The van der Waals surface area contributed by atoms with Crippen LogP contribution in [0, 0.1) is 18.3 Å². The number of hydrogen-bond donors (Lipinski definition) is 2. The third-order valence-electron chi connectivity index (χ3n) is 4.31. The van der Waals surface area contributed by atoms with Crippen LogP contribution in [-0.4, -0.2) is 28.6 Å². The Morgan fingerprint density at radius 2 is 2.00 bits per heavy atom. The molecule has 1 atom stereocenters. The smallest absolute Gasteiger partial charge is 0.342 e. The van der Waals surface area contributed by atoms with Gasteiger partial charge in [0, 0.05) is 0 Å². The van der Waals surface area contributed by atoms with E-state index >= 15 is 0 Å². The number of nitriles is 1. The van der Waals surface area contributed by atoms with Crippen molar-refractivity contribution in [2.24, 2.45) is 0 Å². The molecular formula is C18H22N2O4. The van der Waals surface area contributed by atoms with E-state index in [1.54, 1.807) is 13.0 Å². The predicted octanol–water partition coefficient (Wildman–Crippen LogP) is 2.59. The van der Waals surface area contributed by atoms with Crippen molar-refractivity contribution in [3.8, 4) is 11.8 Å². The molecule has 0 unspecified atom stereocenters. The fraction of sp³-hybridized carbons (Fsp3) is 0.500. The van der Waals surface area contributed by atoms with Crippen LogP contribution in [0.1, 0.15) is 54.9 Å². The minimum absolute atomic E-state index is 0.00733. The summed E-state index contributed by atoms with van der Waals surface area (Å²) in [5.74, 6) is -1.46. The van der Waals surface area contributed by atoms with Gasteiger partial charge in [0.1, 0.15) is 16.9 Å². The summed E-state index contributed by atoms with van der Waals surface area (Å²) in [6.45, 7) is 3.24. The molecule has 0 aromatic heterocycles. The van der Waals surface area contributed by atoms with E-state index in [1.807, 2.05) is 0 Å². The summed E-state index contributed by atoms with van der Waals surface area (Å²) in [5.41, 5.74) is -0.0573. The molecule has 0 saturated heterocycles. The van der Waals surface area contributed by atoms with Crippen molar-refractivity contribution >= 4 is 11.9 Å². The van der Waals surface area contributed by atoms with Gasteiger partial charge in [0.05, 0.1) is 6.07 Å². The van der Waals surface area contributed by atoms with E-state index in [9.17, 15) is 20.0 Å². The predicted molar refractivity (Wildman–Crippen MR) is 87.3 cm³/mol. The molecule has 0 radical (unpaired) electrons. The number of hydrogen-bond acceptors (Lipinski definition) is 5. The maximum absolute atomic E-state index is 12.3. The lowest BCUT2D eigenvalue weighted by atomic mass is 9.83. The number of carbonyl (C=O) groups is 2. The second-order valence-corrected chi connectivity index (χ2v) is 6.31. The zero-order valence-corrected chi connectivity index (χ0v) is 14.0. The number of rotatable bonds is 4. The summed E-state index contributed by atoms with van der Waals surface area (Å²) in [6.07, 6.45) is 2.99. The lowest BCUT2D eigenvalue weighted by Crippen LogP contribution is -2.52. The van der Waals surface area contributed by atoms with E-state index in [2.05, 4.69) is 11.4 Å². The monoisotopic (exact) mass is 330 g/mol. The Hall–Kier alpha value is -2.55. The van der Waals surface area contributed by atoms with Crippen LogP contribution in [0.25, 0.3) is 0 Å². The number of aromatic hydroxyl groups is 1. The number of ether oxygens (including phenoxy) is 1. The number of esters is 1. The Kier molecular flexibility index (Phi) is 5.45. The molecule has 1 fully saturated rings. The number of aryl methyl sites for hydroxylation is 1. The van der Waals surface area contributed by atoms with E-state index in [4.69, 9.17) is 4.74 Å². The van der Waals surface area contributed by atoms with Gasteiger partial charge < -0.3 is 15.2 Å². The highest BCUT2D eigenvalue weighted by atomic mass is 16.5. The van der Waals surface area contributed by atoms with Crippen LogP contribution >= 0.6 is 0 Å². The Balaban J connectivity index is 2.00. The first-order valence-electron chi connectivity index (χ1n) is 8.11. The number of phenols is 1. The minimum atomic E-state index is -1.05.